The van der Waals surface area contributed by atoms with Gasteiger partial charge >= 0.3 is 0 Å². The molecule has 0 spiro atoms. The molecule has 0 saturated heterocycles. The van der Waals surface area contributed by atoms with E-state index in [1.807, 2.05) is 31.4 Å². The maximum atomic E-state index is 10.5. The Labute approximate surface area is 138 Å². The van der Waals surface area contributed by atoms with Gasteiger partial charge < -0.3 is 5.11 Å². The number of hydrogen-bond donors (Lipinski definition) is 1. The molecule has 0 aliphatic carbocycles. The zero-order chi connectivity index (χ0) is 16.4. The van der Waals surface area contributed by atoms with Gasteiger partial charge in [-0.3, -0.25) is 0 Å². The minimum absolute atomic E-state index is 0.0298. The van der Waals surface area contributed by atoms with Gasteiger partial charge in [0.2, 0.25) is 5.88 Å². The fourth-order valence-electron chi connectivity index (χ4n) is 2.35. The first-order chi connectivity index (χ1) is 11.1. The summed E-state index contributed by atoms with van der Waals surface area (Å²) in [5, 5.41) is 23.7. The number of hydrogen-bond acceptors (Lipinski definition) is 5. The molecule has 0 saturated carbocycles. The number of nitriles is 1. The molecule has 6 heteroatoms. The van der Waals surface area contributed by atoms with Crippen LogP contribution >= 0.6 is 11.8 Å². The van der Waals surface area contributed by atoms with Crippen LogP contribution in [0.4, 0.5) is 0 Å². The zero-order valence-corrected chi connectivity index (χ0v) is 13.5. The lowest BCUT2D eigenvalue weighted by molar-refractivity contribution is 0.433. The molecule has 23 heavy (non-hydrogen) atoms. The number of aryl methyl sites for hydroxylation is 1. The molecular formula is C17H14N4OS. The van der Waals surface area contributed by atoms with Crippen LogP contribution < -0.4 is 0 Å². The number of thioether (sulfide) groups is 1. The van der Waals surface area contributed by atoms with Crippen molar-refractivity contribution < 1.29 is 5.11 Å². The zero-order valence-electron chi connectivity index (χ0n) is 12.7. The van der Waals surface area contributed by atoms with Gasteiger partial charge in [-0.15, -0.1) is 11.8 Å². The molecular weight excluding hydrogens is 308 g/mol. The summed E-state index contributed by atoms with van der Waals surface area (Å²) in [7, 11) is 0. The van der Waals surface area contributed by atoms with Crippen LogP contribution in [0.15, 0.2) is 47.6 Å². The van der Waals surface area contributed by atoms with Crippen molar-refractivity contribution in [3.8, 4) is 28.9 Å². The first-order valence-corrected chi connectivity index (χ1v) is 8.15. The average Bonchev–Trinajstić information content (AvgIpc) is 2.96. The molecule has 0 radical (unpaired) electrons. The highest BCUT2D eigenvalue weighted by atomic mass is 32.2. The highest BCUT2D eigenvalue weighted by Crippen LogP contribution is 2.33. The standard InChI is InChI=1S/C17H14N4OS/c1-11-7-12(8-18)3-5-14(11)15-10-20-21(17(15)22)16-6-4-13(23-2)9-19-16/h3-7,9-10,22H,1-2H3. The van der Waals surface area contributed by atoms with Gasteiger partial charge in [0, 0.05) is 11.1 Å². The summed E-state index contributed by atoms with van der Waals surface area (Å²) in [6.45, 7) is 1.90. The summed E-state index contributed by atoms with van der Waals surface area (Å²) in [5.41, 5.74) is 2.95. The normalized spacial score (nSPS) is 10.5. The summed E-state index contributed by atoms with van der Waals surface area (Å²) in [6.07, 6.45) is 5.33. The van der Waals surface area contributed by atoms with Crippen LogP contribution in [-0.4, -0.2) is 26.1 Å². The maximum absolute atomic E-state index is 10.5. The summed E-state index contributed by atoms with van der Waals surface area (Å²) < 4.78 is 1.40. The molecule has 2 aromatic heterocycles. The first kappa shape index (κ1) is 15.1. The largest absolute Gasteiger partial charge is 0.493 e. The van der Waals surface area contributed by atoms with E-state index < -0.39 is 0 Å². The van der Waals surface area contributed by atoms with Crippen molar-refractivity contribution in [2.75, 3.05) is 6.26 Å². The third-order valence-corrected chi connectivity index (χ3v) is 4.28. The second-order valence-corrected chi connectivity index (χ2v) is 5.87. The van der Waals surface area contributed by atoms with Gasteiger partial charge in [-0.2, -0.15) is 15.0 Å². The molecule has 1 N–H and O–H groups in total. The molecule has 2 heterocycles. The molecule has 0 aliphatic heterocycles. The number of rotatable bonds is 3. The van der Waals surface area contributed by atoms with Crippen LogP contribution in [-0.2, 0) is 0 Å². The van der Waals surface area contributed by atoms with Gasteiger partial charge in [0.15, 0.2) is 5.82 Å². The topological polar surface area (TPSA) is 74.7 Å². The molecule has 0 fully saturated rings. The molecule has 3 aromatic rings. The summed E-state index contributed by atoms with van der Waals surface area (Å²) >= 11 is 1.60. The molecule has 1 aromatic carbocycles. The van der Waals surface area contributed by atoms with Crippen molar-refractivity contribution in [1.82, 2.24) is 14.8 Å². The third-order valence-electron chi connectivity index (χ3n) is 3.56. The van der Waals surface area contributed by atoms with Gasteiger partial charge in [0.1, 0.15) is 0 Å². The monoisotopic (exact) mass is 322 g/mol. The minimum Gasteiger partial charge on any atom is -0.493 e. The third kappa shape index (κ3) is 2.79. The molecule has 0 unspecified atom stereocenters. The summed E-state index contributed by atoms with van der Waals surface area (Å²) in [4.78, 5) is 5.36. The van der Waals surface area contributed by atoms with Crippen LogP contribution in [0.25, 0.3) is 16.9 Å². The van der Waals surface area contributed by atoms with Crippen molar-refractivity contribution in [2.45, 2.75) is 11.8 Å². The Balaban J connectivity index is 2.03. The van der Waals surface area contributed by atoms with Crippen molar-refractivity contribution in [3.63, 3.8) is 0 Å². The van der Waals surface area contributed by atoms with E-state index >= 15 is 0 Å². The van der Waals surface area contributed by atoms with E-state index in [-0.39, 0.29) is 5.88 Å². The van der Waals surface area contributed by atoms with E-state index in [0.29, 0.717) is 16.9 Å². The fraction of sp³-hybridized carbons (Fsp3) is 0.118. The molecule has 114 valence electrons. The predicted molar refractivity (Wildman–Crippen MR) is 89.7 cm³/mol. The van der Waals surface area contributed by atoms with E-state index in [1.54, 1.807) is 36.3 Å². The Morgan fingerprint density at radius 2 is 2.00 bits per heavy atom. The average molecular weight is 322 g/mol. The van der Waals surface area contributed by atoms with E-state index in [1.165, 1.54) is 4.68 Å². The lowest BCUT2D eigenvalue weighted by Gasteiger charge is -2.06. The SMILES string of the molecule is CSc1ccc(-n2ncc(-c3ccc(C#N)cc3C)c2O)nc1. The minimum atomic E-state index is 0.0298. The van der Waals surface area contributed by atoms with Crippen LogP contribution in [0, 0.1) is 18.3 Å². The van der Waals surface area contributed by atoms with Crippen molar-refractivity contribution in [1.29, 1.82) is 5.26 Å². The van der Waals surface area contributed by atoms with Crippen molar-refractivity contribution in [2.24, 2.45) is 0 Å². The van der Waals surface area contributed by atoms with Gasteiger partial charge in [-0.05, 0) is 48.6 Å². The Kier molecular flexibility index (Phi) is 4.04. The second kappa shape index (κ2) is 6.15. The van der Waals surface area contributed by atoms with Gasteiger partial charge in [0.25, 0.3) is 0 Å². The quantitative estimate of drug-likeness (QED) is 0.747. The maximum Gasteiger partial charge on any atom is 0.223 e. The second-order valence-electron chi connectivity index (χ2n) is 4.99. The number of aromatic nitrogens is 3. The van der Waals surface area contributed by atoms with Crippen molar-refractivity contribution >= 4 is 11.8 Å². The molecule has 3 rings (SSSR count). The summed E-state index contributed by atoms with van der Waals surface area (Å²) in [5.74, 6) is 0.583. The number of nitrogens with zero attached hydrogens (tertiary/aromatic N) is 4. The highest BCUT2D eigenvalue weighted by molar-refractivity contribution is 7.98. The van der Waals surface area contributed by atoms with Crippen LogP contribution in [0.1, 0.15) is 11.1 Å². The molecule has 5 nitrogen and oxygen atoms in total. The van der Waals surface area contributed by atoms with Crippen molar-refractivity contribution in [3.05, 3.63) is 53.9 Å². The Bertz CT molecular complexity index is 894. The van der Waals surface area contributed by atoms with Gasteiger partial charge in [-0.25, -0.2) is 4.98 Å². The van der Waals surface area contributed by atoms with Crippen LogP contribution in [0.3, 0.4) is 0 Å². The molecule has 0 bridgehead atoms. The number of pyridine rings is 1. The lowest BCUT2D eigenvalue weighted by atomic mass is 10.0. The molecule has 0 atom stereocenters. The lowest BCUT2D eigenvalue weighted by Crippen LogP contribution is -1.98. The predicted octanol–water partition coefficient (Wildman–Crippen LogP) is 3.54. The first-order valence-electron chi connectivity index (χ1n) is 6.92. The fourth-order valence-corrected chi connectivity index (χ4v) is 2.72. The molecule has 0 aliphatic rings. The summed E-state index contributed by atoms with van der Waals surface area (Å²) in [6, 6.07) is 11.2. The van der Waals surface area contributed by atoms with Crippen LogP contribution in [0.2, 0.25) is 0 Å². The number of aromatic hydroxyl groups is 1. The Morgan fingerprint density at radius 1 is 1.17 bits per heavy atom. The van der Waals surface area contributed by atoms with Gasteiger partial charge in [0.05, 0.1) is 23.4 Å². The Hall–Kier alpha value is -2.78. The van der Waals surface area contributed by atoms with Crippen LogP contribution in [0.5, 0.6) is 5.88 Å². The molecule has 0 amide bonds. The number of benzene rings is 1. The smallest absolute Gasteiger partial charge is 0.223 e. The van der Waals surface area contributed by atoms with E-state index in [4.69, 9.17) is 5.26 Å². The Morgan fingerprint density at radius 3 is 2.61 bits per heavy atom. The van der Waals surface area contributed by atoms with E-state index in [9.17, 15) is 5.11 Å². The van der Waals surface area contributed by atoms with E-state index in [0.717, 1.165) is 16.0 Å². The van der Waals surface area contributed by atoms with Gasteiger partial charge in [-0.1, -0.05) is 6.07 Å². The van der Waals surface area contributed by atoms with E-state index in [2.05, 4.69) is 16.2 Å². The highest BCUT2D eigenvalue weighted by Gasteiger charge is 2.15.